The van der Waals surface area contributed by atoms with Crippen LogP contribution in [0.3, 0.4) is 0 Å². The van der Waals surface area contributed by atoms with Gasteiger partial charge in [0.2, 0.25) is 0 Å². The van der Waals surface area contributed by atoms with Crippen LogP contribution in [0.2, 0.25) is 0 Å². The molecule has 2 aliphatic rings. The van der Waals surface area contributed by atoms with Crippen molar-refractivity contribution in [1.29, 1.82) is 0 Å². The first-order valence-electron chi connectivity index (χ1n) is 8.86. The third-order valence-electron chi connectivity index (χ3n) is 5.43. The molecule has 1 aromatic rings. The summed E-state index contributed by atoms with van der Waals surface area (Å²) in [7, 11) is 3.45. The van der Waals surface area contributed by atoms with Crippen molar-refractivity contribution in [2.75, 3.05) is 26.0 Å². The molecular formula is C19H27N3O2. The number of anilines is 1. The minimum absolute atomic E-state index is 0.0364. The predicted octanol–water partition coefficient (Wildman–Crippen LogP) is 3.43. The number of amides is 3. The van der Waals surface area contributed by atoms with E-state index in [-0.39, 0.29) is 11.9 Å². The van der Waals surface area contributed by atoms with E-state index in [9.17, 15) is 9.59 Å². The number of hydrogen-bond donors (Lipinski definition) is 1. The van der Waals surface area contributed by atoms with Crippen LogP contribution in [0.4, 0.5) is 10.5 Å². The first kappa shape index (κ1) is 16.8. The molecule has 5 nitrogen and oxygen atoms in total. The fourth-order valence-corrected chi connectivity index (χ4v) is 4.19. The van der Waals surface area contributed by atoms with E-state index >= 15 is 0 Å². The molecule has 1 saturated carbocycles. The number of rotatable bonds is 2. The fraction of sp³-hybridized carbons (Fsp3) is 0.579. The van der Waals surface area contributed by atoms with Crippen LogP contribution in [0.5, 0.6) is 0 Å². The normalized spacial score (nSPS) is 26.0. The lowest BCUT2D eigenvalue weighted by Gasteiger charge is -2.32. The second-order valence-corrected chi connectivity index (χ2v) is 7.36. The van der Waals surface area contributed by atoms with Gasteiger partial charge < -0.3 is 15.1 Å². The lowest BCUT2D eigenvalue weighted by molar-refractivity contribution is 0.0827. The molecule has 3 atom stereocenters. The zero-order valence-corrected chi connectivity index (χ0v) is 14.8. The van der Waals surface area contributed by atoms with E-state index < -0.39 is 0 Å². The molecule has 130 valence electrons. The van der Waals surface area contributed by atoms with Crippen LogP contribution in [-0.4, -0.2) is 48.4 Å². The summed E-state index contributed by atoms with van der Waals surface area (Å²) in [6.07, 6.45) is 4.85. The molecule has 0 spiro atoms. The van der Waals surface area contributed by atoms with Gasteiger partial charge in [0.25, 0.3) is 5.91 Å². The minimum Gasteiger partial charge on any atom is -0.345 e. The molecule has 0 aromatic heterocycles. The monoisotopic (exact) mass is 329 g/mol. The predicted molar refractivity (Wildman–Crippen MR) is 95.1 cm³/mol. The maximum absolute atomic E-state index is 12.7. The Morgan fingerprint density at radius 1 is 1.21 bits per heavy atom. The number of fused-ring (bicyclic) bond motifs is 1. The Morgan fingerprint density at radius 2 is 1.96 bits per heavy atom. The molecule has 2 fully saturated rings. The van der Waals surface area contributed by atoms with E-state index in [0.29, 0.717) is 29.1 Å². The molecule has 1 aliphatic carbocycles. The summed E-state index contributed by atoms with van der Waals surface area (Å²) < 4.78 is 0. The van der Waals surface area contributed by atoms with Crippen LogP contribution in [-0.2, 0) is 0 Å². The topological polar surface area (TPSA) is 52.7 Å². The molecule has 1 aromatic carbocycles. The fourth-order valence-electron chi connectivity index (χ4n) is 4.19. The van der Waals surface area contributed by atoms with Crippen molar-refractivity contribution in [2.45, 2.75) is 38.6 Å². The summed E-state index contributed by atoms with van der Waals surface area (Å²) >= 11 is 0. The third kappa shape index (κ3) is 3.25. The first-order chi connectivity index (χ1) is 11.5. The Balaban J connectivity index is 1.71. The second-order valence-electron chi connectivity index (χ2n) is 7.36. The van der Waals surface area contributed by atoms with Crippen LogP contribution < -0.4 is 5.32 Å². The van der Waals surface area contributed by atoms with Crippen molar-refractivity contribution in [3.05, 3.63) is 29.8 Å². The van der Waals surface area contributed by atoms with Crippen molar-refractivity contribution in [3.63, 3.8) is 0 Å². The van der Waals surface area contributed by atoms with E-state index in [1.807, 2.05) is 17.0 Å². The van der Waals surface area contributed by atoms with Crippen LogP contribution in [0.15, 0.2) is 24.3 Å². The number of likely N-dealkylation sites (tertiary alicyclic amines) is 1. The lowest BCUT2D eigenvalue weighted by atomic mass is 9.80. The Labute approximate surface area is 144 Å². The first-order valence-corrected chi connectivity index (χ1v) is 8.86. The molecule has 24 heavy (non-hydrogen) atoms. The largest absolute Gasteiger partial charge is 0.345 e. The van der Waals surface area contributed by atoms with E-state index in [1.54, 1.807) is 26.2 Å². The van der Waals surface area contributed by atoms with Gasteiger partial charge in [0.15, 0.2) is 0 Å². The Kier molecular flexibility index (Phi) is 4.78. The molecule has 0 radical (unpaired) electrons. The SMILES string of the molecule is CC1CN(C(=O)Nc2cccc(C(=O)N(C)C)c2)C2CCCCC12. The second kappa shape index (κ2) is 6.83. The summed E-state index contributed by atoms with van der Waals surface area (Å²) in [6.45, 7) is 3.09. The van der Waals surface area contributed by atoms with Gasteiger partial charge in [0.1, 0.15) is 0 Å². The Bertz CT molecular complexity index is 629. The highest BCUT2D eigenvalue weighted by Crippen LogP contribution is 2.39. The highest BCUT2D eigenvalue weighted by molar-refractivity contribution is 5.96. The molecule has 1 aliphatic heterocycles. The number of urea groups is 1. The van der Waals surface area contributed by atoms with Gasteiger partial charge in [-0.25, -0.2) is 4.79 Å². The van der Waals surface area contributed by atoms with Crippen LogP contribution in [0.25, 0.3) is 0 Å². The number of nitrogens with one attached hydrogen (secondary N) is 1. The number of carbonyl (C=O) groups is 2. The summed E-state index contributed by atoms with van der Waals surface area (Å²) in [5.41, 5.74) is 1.27. The van der Waals surface area contributed by atoms with Gasteiger partial charge in [-0.3, -0.25) is 4.79 Å². The van der Waals surface area contributed by atoms with Crippen molar-refractivity contribution in [1.82, 2.24) is 9.80 Å². The van der Waals surface area contributed by atoms with Crippen LogP contribution in [0, 0.1) is 11.8 Å². The van der Waals surface area contributed by atoms with Crippen LogP contribution >= 0.6 is 0 Å². The molecule has 1 heterocycles. The smallest absolute Gasteiger partial charge is 0.322 e. The number of carbonyl (C=O) groups excluding carboxylic acids is 2. The minimum atomic E-state index is -0.0618. The van der Waals surface area contributed by atoms with E-state index in [4.69, 9.17) is 0 Å². The Hall–Kier alpha value is -2.04. The summed E-state index contributed by atoms with van der Waals surface area (Å²) in [6, 6.07) is 7.50. The maximum Gasteiger partial charge on any atom is 0.322 e. The Morgan fingerprint density at radius 3 is 2.71 bits per heavy atom. The van der Waals surface area contributed by atoms with Crippen LogP contribution in [0.1, 0.15) is 43.0 Å². The quantitative estimate of drug-likeness (QED) is 0.904. The molecule has 3 amide bonds. The number of benzene rings is 1. The van der Waals surface area contributed by atoms with Gasteiger partial charge in [0, 0.05) is 37.9 Å². The van der Waals surface area contributed by atoms with Gasteiger partial charge in [-0.05, 0) is 42.9 Å². The average Bonchev–Trinajstić information content (AvgIpc) is 2.92. The molecule has 1 saturated heterocycles. The number of nitrogens with zero attached hydrogens (tertiary/aromatic N) is 2. The van der Waals surface area contributed by atoms with E-state index in [2.05, 4.69) is 12.2 Å². The van der Waals surface area contributed by atoms with Crippen molar-refractivity contribution >= 4 is 17.6 Å². The molecule has 5 heteroatoms. The average molecular weight is 329 g/mol. The zero-order chi connectivity index (χ0) is 17.3. The standard InChI is InChI=1S/C19H27N3O2/c1-13-12-22(17-10-5-4-9-16(13)17)19(24)20-15-8-6-7-14(11-15)18(23)21(2)3/h6-8,11,13,16-17H,4-5,9-10,12H2,1-3H3,(H,20,24). The van der Waals surface area contributed by atoms with Crippen molar-refractivity contribution in [2.24, 2.45) is 11.8 Å². The summed E-state index contributed by atoms with van der Waals surface area (Å²) in [4.78, 5) is 28.4. The summed E-state index contributed by atoms with van der Waals surface area (Å²) in [5.74, 6) is 1.15. The van der Waals surface area contributed by atoms with Crippen molar-refractivity contribution < 1.29 is 9.59 Å². The van der Waals surface area contributed by atoms with Gasteiger partial charge in [-0.1, -0.05) is 25.8 Å². The van der Waals surface area contributed by atoms with Gasteiger partial charge >= 0.3 is 6.03 Å². The molecule has 0 bridgehead atoms. The lowest BCUT2D eigenvalue weighted by Crippen LogP contribution is -2.41. The highest BCUT2D eigenvalue weighted by Gasteiger charge is 2.42. The van der Waals surface area contributed by atoms with Gasteiger partial charge in [0.05, 0.1) is 0 Å². The summed E-state index contributed by atoms with van der Waals surface area (Å²) in [5, 5.41) is 2.99. The maximum atomic E-state index is 12.7. The molecular weight excluding hydrogens is 302 g/mol. The van der Waals surface area contributed by atoms with Gasteiger partial charge in [-0.2, -0.15) is 0 Å². The highest BCUT2D eigenvalue weighted by atomic mass is 16.2. The molecule has 1 N–H and O–H groups in total. The van der Waals surface area contributed by atoms with Gasteiger partial charge in [-0.15, -0.1) is 0 Å². The number of hydrogen-bond acceptors (Lipinski definition) is 2. The molecule has 3 unspecified atom stereocenters. The third-order valence-corrected chi connectivity index (χ3v) is 5.43. The molecule has 3 rings (SSSR count). The van der Waals surface area contributed by atoms with E-state index in [1.165, 1.54) is 24.2 Å². The van der Waals surface area contributed by atoms with E-state index in [0.717, 1.165) is 13.0 Å². The zero-order valence-electron chi connectivity index (χ0n) is 14.8. The van der Waals surface area contributed by atoms with Crippen molar-refractivity contribution in [3.8, 4) is 0 Å².